The highest BCUT2D eigenvalue weighted by molar-refractivity contribution is 6.04. The number of piperazine rings is 1. The van der Waals surface area contributed by atoms with Gasteiger partial charge in [0.25, 0.3) is 0 Å². The summed E-state index contributed by atoms with van der Waals surface area (Å²) in [5, 5.41) is 11.9. The molecule has 0 spiro atoms. The summed E-state index contributed by atoms with van der Waals surface area (Å²) >= 11 is 0. The molecule has 294 valence electrons. The minimum atomic E-state index is -0.974. The number of aromatic nitrogens is 2. The van der Waals surface area contributed by atoms with Gasteiger partial charge < -0.3 is 23.6 Å². The Kier molecular flexibility index (Phi) is 8.59. The minimum Gasteiger partial charge on any atom is -0.508 e. The second kappa shape index (κ2) is 13.5. The molecule has 7 heterocycles. The van der Waals surface area contributed by atoms with Crippen molar-refractivity contribution in [1.82, 2.24) is 19.8 Å². The summed E-state index contributed by atoms with van der Waals surface area (Å²) in [6.45, 7) is 5.27. The number of hydrogen-bond donors (Lipinski definition) is 1. The number of benzene rings is 3. The summed E-state index contributed by atoms with van der Waals surface area (Å²) in [6.07, 6.45) is 4.07. The number of nitrogens with zero attached hydrogens (tertiary/aromatic N) is 5. The largest absolute Gasteiger partial charge is 0.519 e. The predicted molar refractivity (Wildman–Crippen MR) is 200 cm³/mol. The molecule has 1 N–H and O–H groups in total. The fourth-order valence-corrected chi connectivity index (χ4v) is 10.8. The van der Waals surface area contributed by atoms with Crippen molar-refractivity contribution in [2.24, 2.45) is 5.92 Å². The third-order valence-corrected chi connectivity index (χ3v) is 13.2. The summed E-state index contributed by atoms with van der Waals surface area (Å²) in [6, 6.07) is 5.46. The van der Waals surface area contributed by atoms with Crippen LogP contribution in [0.4, 0.5) is 23.4 Å². The molecule has 4 fully saturated rings. The van der Waals surface area contributed by atoms with Crippen LogP contribution >= 0.6 is 0 Å². The van der Waals surface area contributed by atoms with Gasteiger partial charge in [-0.15, -0.1) is 0 Å². The highest BCUT2D eigenvalue weighted by atomic mass is 19.1. The second-order valence-corrected chi connectivity index (χ2v) is 16.3. The van der Waals surface area contributed by atoms with Gasteiger partial charge >= 0.3 is 11.8 Å². The van der Waals surface area contributed by atoms with Gasteiger partial charge in [0.05, 0.1) is 17.5 Å². The monoisotopic (exact) mass is 773 g/mol. The van der Waals surface area contributed by atoms with Gasteiger partial charge in [0, 0.05) is 49.2 Å². The average Bonchev–Trinajstić information content (AvgIpc) is 3.63. The lowest BCUT2D eigenvalue weighted by atomic mass is 9.86. The molecule has 5 aliphatic rings. The maximum atomic E-state index is 17.6. The SMILES string of the molecule is CCc1c(F)ccc2cc(O)cc(-c3c(F)c4c5c(nc(OC6[C@@H]7CCCN6C[C@H](F)C7)nc5c3F)N3C[C@H]5CC[C@@H]([C@H]3CCC4)N5Cc3oc(=O)oc3C)c12. The molecular formula is C42H43F4N5O5. The first-order chi connectivity index (χ1) is 27.1. The zero-order valence-electron chi connectivity index (χ0n) is 31.3. The van der Waals surface area contributed by atoms with Crippen molar-refractivity contribution >= 4 is 27.5 Å². The third-order valence-electron chi connectivity index (χ3n) is 13.2. The number of phenols is 1. The number of ether oxygens (including phenoxy) is 1. The van der Waals surface area contributed by atoms with Crippen LogP contribution in [0.5, 0.6) is 11.8 Å². The van der Waals surface area contributed by atoms with Crippen LogP contribution in [0.1, 0.15) is 74.5 Å². The molecule has 4 saturated heterocycles. The van der Waals surface area contributed by atoms with Crippen LogP contribution in [0.2, 0.25) is 0 Å². The highest BCUT2D eigenvalue weighted by Gasteiger charge is 2.49. The van der Waals surface area contributed by atoms with Crippen molar-refractivity contribution in [3.63, 3.8) is 0 Å². The molecule has 2 aromatic heterocycles. The molecule has 2 unspecified atom stereocenters. The first-order valence-corrected chi connectivity index (χ1v) is 19.9. The maximum absolute atomic E-state index is 17.6. The van der Waals surface area contributed by atoms with Crippen molar-refractivity contribution < 1.29 is 36.2 Å². The van der Waals surface area contributed by atoms with Crippen LogP contribution in [0.25, 0.3) is 32.8 Å². The molecule has 14 heteroatoms. The molecule has 5 aliphatic heterocycles. The number of hydrogen-bond acceptors (Lipinski definition) is 10. The van der Waals surface area contributed by atoms with E-state index in [0.29, 0.717) is 67.0 Å². The van der Waals surface area contributed by atoms with Gasteiger partial charge in [-0.05, 0) is 105 Å². The van der Waals surface area contributed by atoms with Crippen LogP contribution < -0.4 is 15.5 Å². The van der Waals surface area contributed by atoms with Gasteiger partial charge in [0.1, 0.15) is 40.7 Å². The topological polar surface area (TPSA) is 108 Å². The van der Waals surface area contributed by atoms with E-state index in [-0.39, 0.29) is 88.3 Å². The summed E-state index contributed by atoms with van der Waals surface area (Å²) in [5.74, 6) is -1.97. The normalized spacial score (nSPS) is 27.4. The maximum Gasteiger partial charge on any atom is 0.519 e. The number of anilines is 1. The summed E-state index contributed by atoms with van der Waals surface area (Å²) in [4.78, 5) is 28.2. The van der Waals surface area contributed by atoms with Crippen molar-refractivity contribution in [3.05, 3.63) is 75.0 Å². The zero-order chi connectivity index (χ0) is 38.6. The Morgan fingerprint density at radius 1 is 0.982 bits per heavy atom. The lowest BCUT2D eigenvalue weighted by Gasteiger charge is -2.48. The molecule has 10 nitrogen and oxygen atoms in total. The average molecular weight is 774 g/mol. The zero-order valence-corrected chi connectivity index (χ0v) is 31.3. The Hall–Kier alpha value is -4.69. The van der Waals surface area contributed by atoms with E-state index in [1.807, 2.05) is 4.90 Å². The van der Waals surface area contributed by atoms with E-state index in [0.717, 1.165) is 25.7 Å². The van der Waals surface area contributed by atoms with Gasteiger partial charge in [0.2, 0.25) is 0 Å². The molecule has 0 radical (unpaired) electrons. The minimum absolute atomic E-state index is 0.0217. The van der Waals surface area contributed by atoms with E-state index >= 15 is 13.2 Å². The first kappa shape index (κ1) is 35.7. The van der Waals surface area contributed by atoms with Gasteiger partial charge in [-0.1, -0.05) is 13.0 Å². The predicted octanol–water partition coefficient (Wildman–Crippen LogP) is 7.71. The third kappa shape index (κ3) is 5.60. The molecule has 0 saturated carbocycles. The Balaban J connectivity index is 1.17. The summed E-state index contributed by atoms with van der Waals surface area (Å²) in [7, 11) is 0. The van der Waals surface area contributed by atoms with Crippen LogP contribution in [0, 0.1) is 30.3 Å². The molecule has 5 aromatic rings. The van der Waals surface area contributed by atoms with Crippen LogP contribution in [0.3, 0.4) is 0 Å². The number of rotatable bonds is 6. The molecular weight excluding hydrogens is 730 g/mol. The van der Waals surface area contributed by atoms with E-state index in [4.69, 9.17) is 23.5 Å². The number of fused-ring (bicyclic) bond motifs is 8. The van der Waals surface area contributed by atoms with Gasteiger partial charge in [-0.2, -0.15) is 9.97 Å². The lowest BCUT2D eigenvalue weighted by Crippen LogP contribution is -2.60. The molecule has 56 heavy (non-hydrogen) atoms. The van der Waals surface area contributed by atoms with Crippen molar-refractivity contribution in [1.29, 1.82) is 0 Å². The van der Waals surface area contributed by atoms with Crippen molar-refractivity contribution in [2.75, 3.05) is 24.5 Å². The molecule has 10 rings (SSSR count). The quantitative estimate of drug-likeness (QED) is 0.173. The van der Waals surface area contributed by atoms with E-state index in [9.17, 15) is 14.3 Å². The summed E-state index contributed by atoms with van der Waals surface area (Å²) < 4.78 is 82.4. The number of piperidine rings is 2. The Morgan fingerprint density at radius 2 is 1.84 bits per heavy atom. The van der Waals surface area contributed by atoms with Gasteiger partial charge in [-0.25, -0.2) is 22.4 Å². The Bertz CT molecular complexity index is 2440. The standard InChI is InChI=1S/C42H43F4N5O5/c1-3-26-29(44)11-9-21-15-25(52)16-28(33(21)26)34-36(45)27-7-4-8-30-31-12-10-24(50(31)19-32-20(2)54-42(53)55-32)18-51(30)39-35(27)38(37(34)46)47-41(48-39)56-40-22-6-5-13-49(40)17-23(43)14-22/h9,11,15-16,22-24,30-31,40,52H,3-8,10,12-14,17-19H2,1-2H3/t22-,23-,24-,30-,31+,40?/m1/s1. The smallest absolute Gasteiger partial charge is 0.508 e. The summed E-state index contributed by atoms with van der Waals surface area (Å²) in [5.41, 5.74) is 0.0830. The number of aromatic hydroxyl groups is 1. The Morgan fingerprint density at radius 3 is 2.62 bits per heavy atom. The Labute approximate surface area is 320 Å². The number of phenolic OH excluding ortho intramolecular Hbond substituents is 1. The van der Waals surface area contributed by atoms with Crippen LogP contribution in [0.15, 0.2) is 37.9 Å². The van der Waals surface area contributed by atoms with Gasteiger partial charge in [-0.3, -0.25) is 9.80 Å². The molecule has 0 aliphatic carbocycles. The fourth-order valence-electron chi connectivity index (χ4n) is 10.8. The van der Waals surface area contributed by atoms with Crippen molar-refractivity contribution in [2.45, 2.75) is 109 Å². The van der Waals surface area contributed by atoms with Gasteiger partial charge in [0.15, 0.2) is 17.8 Å². The van der Waals surface area contributed by atoms with E-state index in [1.54, 1.807) is 13.8 Å². The second-order valence-electron chi connectivity index (χ2n) is 16.3. The highest BCUT2D eigenvalue weighted by Crippen LogP contribution is 2.48. The molecule has 4 bridgehead atoms. The van der Waals surface area contributed by atoms with Crippen LogP contribution in [-0.2, 0) is 19.4 Å². The fraction of sp³-hybridized carbons (Fsp3) is 0.500. The van der Waals surface area contributed by atoms with E-state index in [1.165, 1.54) is 24.3 Å². The number of aryl methyl sites for hydroxylation is 3. The number of halogens is 4. The molecule has 3 aromatic carbocycles. The number of alkyl halides is 1. The van der Waals surface area contributed by atoms with Crippen LogP contribution in [-0.4, -0.2) is 75.0 Å². The lowest BCUT2D eigenvalue weighted by molar-refractivity contribution is -0.0989. The van der Waals surface area contributed by atoms with E-state index in [2.05, 4.69) is 9.80 Å². The van der Waals surface area contributed by atoms with Crippen molar-refractivity contribution in [3.8, 4) is 22.9 Å². The molecule has 7 atom stereocenters. The first-order valence-electron chi connectivity index (χ1n) is 19.9. The van der Waals surface area contributed by atoms with E-state index < -0.39 is 35.7 Å². The molecule has 0 amide bonds.